The Hall–Kier alpha value is -2.06. The summed E-state index contributed by atoms with van der Waals surface area (Å²) in [5.74, 6) is 0.139. The third-order valence-corrected chi connectivity index (χ3v) is 4.87. The molecule has 0 saturated heterocycles. The van der Waals surface area contributed by atoms with Crippen molar-refractivity contribution in [2.24, 2.45) is 0 Å². The van der Waals surface area contributed by atoms with Crippen LogP contribution < -0.4 is 10.1 Å². The molecule has 2 heterocycles. The molecule has 0 radical (unpaired) electrons. The maximum absolute atomic E-state index is 12.1. The van der Waals surface area contributed by atoms with Crippen LogP contribution in [0.1, 0.15) is 23.0 Å². The monoisotopic (exact) mass is 324 g/mol. The molecule has 0 fully saturated rings. The molecular formula is C14H16N2O5S. The topological polar surface area (TPSA) is 97.5 Å². The minimum Gasteiger partial charge on any atom is -0.497 e. The van der Waals surface area contributed by atoms with Crippen molar-refractivity contribution >= 4 is 26.9 Å². The van der Waals surface area contributed by atoms with Gasteiger partial charge < -0.3 is 15.0 Å². The Morgan fingerprint density at radius 3 is 2.82 bits per heavy atom. The molecule has 0 spiro atoms. The zero-order chi connectivity index (χ0) is 15.9. The first-order valence-corrected chi connectivity index (χ1v) is 8.41. The number of rotatable bonds is 4. The normalized spacial score (nSPS) is 18.1. The Balaban J connectivity index is 2.02. The second-order valence-electron chi connectivity index (χ2n) is 5.00. The van der Waals surface area contributed by atoms with Gasteiger partial charge in [-0.25, -0.2) is 4.18 Å². The molecule has 1 amide bonds. The maximum atomic E-state index is 12.1. The van der Waals surface area contributed by atoms with Crippen LogP contribution in [0.3, 0.4) is 0 Å². The van der Waals surface area contributed by atoms with E-state index in [1.807, 2.05) is 12.1 Å². The van der Waals surface area contributed by atoms with Crippen molar-refractivity contribution in [1.29, 1.82) is 0 Å². The summed E-state index contributed by atoms with van der Waals surface area (Å²) in [5, 5.41) is 3.38. The standard InChI is InChI=1S/C14H16N2O5S/c1-3-22(18,19)21-12-7-10-9-6-8(20-2)4-5-11(9)15-13(10)14(17)16-12/h4-6,12,15H,3,7H2,1-2H3,(H,16,17). The number of amides is 1. The summed E-state index contributed by atoms with van der Waals surface area (Å²) in [6.45, 7) is 1.49. The van der Waals surface area contributed by atoms with E-state index in [0.29, 0.717) is 11.4 Å². The predicted molar refractivity (Wildman–Crippen MR) is 80.4 cm³/mol. The van der Waals surface area contributed by atoms with E-state index >= 15 is 0 Å². The second kappa shape index (κ2) is 5.29. The molecule has 1 atom stereocenters. The lowest BCUT2D eigenvalue weighted by Gasteiger charge is -2.23. The van der Waals surface area contributed by atoms with Gasteiger partial charge in [-0.05, 0) is 30.7 Å². The highest BCUT2D eigenvalue weighted by Gasteiger charge is 2.31. The van der Waals surface area contributed by atoms with Crippen LogP contribution >= 0.6 is 0 Å². The molecule has 1 aliphatic rings. The average molecular weight is 324 g/mol. The number of hydrogen-bond acceptors (Lipinski definition) is 5. The minimum absolute atomic E-state index is 0.145. The first-order chi connectivity index (χ1) is 10.4. The second-order valence-corrected chi connectivity index (χ2v) is 6.88. The molecule has 3 rings (SSSR count). The smallest absolute Gasteiger partial charge is 0.270 e. The molecule has 118 valence electrons. The quantitative estimate of drug-likeness (QED) is 0.822. The van der Waals surface area contributed by atoms with Crippen LogP contribution in [0.2, 0.25) is 0 Å². The average Bonchev–Trinajstić information content (AvgIpc) is 2.85. The molecule has 22 heavy (non-hydrogen) atoms. The highest BCUT2D eigenvalue weighted by Crippen LogP contribution is 2.30. The van der Waals surface area contributed by atoms with Crippen molar-refractivity contribution in [3.63, 3.8) is 0 Å². The minimum atomic E-state index is -3.64. The van der Waals surface area contributed by atoms with E-state index < -0.39 is 16.3 Å². The van der Waals surface area contributed by atoms with Gasteiger partial charge in [-0.15, -0.1) is 0 Å². The number of hydrogen-bond donors (Lipinski definition) is 2. The molecule has 1 unspecified atom stereocenters. The van der Waals surface area contributed by atoms with Crippen molar-refractivity contribution in [1.82, 2.24) is 10.3 Å². The van der Waals surface area contributed by atoms with Crippen molar-refractivity contribution in [2.75, 3.05) is 12.9 Å². The van der Waals surface area contributed by atoms with Gasteiger partial charge in [-0.1, -0.05) is 0 Å². The van der Waals surface area contributed by atoms with Gasteiger partial charge >= 0.3 is 0 Å². The first kappa shape index (κ1) is 14.9. The number of H-pyrrole nitrogens is 1. The fraction of sp³-hybridized carbons (Fsp3) is 0.357. The lowest BCUT2D eigenvalue weighted by atomic mass is 10.0. The Morgan fingerprint density at radius 1 is 1.36 bits per heavy atom. The van der Waals surface area contributed by atoms with E-state index in [1.54, 1.807) is 13.2 Å². The number of nitrogens with one attached hydrogen (secondary N) is 2. The summed E-state index contributed by atoms with van der Waals surface area (Å²) in [4.78, 5) is 15.2. The summed E-state index contributed by atoms with van der Waals surface area (Å²) in [7, 11) is -2.08. The van der Waals surface area contributed by atoms with Crippen LogP contribution in [0.15, 0.2) is 18.2 Å². The zero-order valence-electron chi connectivity index (χ0n) is 12.2. The summed E-state index contributed by atoms with van der Waals surface area (Å²) in [6.07, 6.45) is -0.622. The number of aromatic amines is 1. The Bertz CT molecular complexity index is 840. The molecule has 8 heteroatoms. The van der Waals surface area contributed by atoms with Gasteiger partial charge in [-0.2, -0.15) is 8.42 Å². The predicted octanol–water partition coefficient (Wildman–Crippen LogP) is 1.15. The summed E-state index contributed by atoms with van der Waals surface area (Å²) < 4.78 is 33.4. The molecule has 0 bridgehead atoms. The van der Waals surface area contributed by atoms with Gasteiger partial charge in [0.2, 0.25) is 0 Å². The van der Waals surface area contributed by atoms with Gasteiger partial charge in [0.1, 0.15) is 11.4 Å². The number of benzene rings is 1. The van der Waals surface area contributed by atoms with Crippen molar-refractivity contribution in [3.8, 4) is 5.75 Å². The fourth-order valence-electron chi connectivity index (χ4n) is 2.52. The van der Waals surface area contributed by atoms with E-state index in [1.165, 1.54) is 6.92 Å². The van der Waals surface area contributed by atoms with E-state index in [9.17, 15) is 13.2 Å². The molecule has 0 saturated carbocycles. The van der Waals surface area contributed by atoms with Gasteiger partial charge in [0.15, 0.2) is 6.23 Å². The van der Waals surface area contributed by atoms with Crippen molar-refractivity contribution < 1.29 is 22.1 Å². The van der Waals surface area contributed by atoms with Crippen LogP contribution in [0.5, 0.6) is 5.75 Å². The molecule has 7 nitrogen and oxygen atoms in total. The Kier molecular flexibility index (Phi) is 3.57. The van der Waals surface area contributed by atoms with Gasteiger partial charge in [0, 0.05) is 17.3 Å². The molecule has 1 aromatic carbocycles. The van der Waals surface area contributed by atoms with E-state index in [4.69, 9.17) is 8.92 Å². The molecule has 2 aromatic rings. The van der Waals surface area contributed by atoms with Crippen LogP contribution in [-0.4, -0.2) is 38.4 Å². The van der Waals surface area contributed by atoms with Gasteiger partial charge in [0.05, 0.1) is 12.9 Å². The van der Waals surface area contributed by atoms with E-state index in [2.05, 4.69) is 10.3 Å². The van der Waals surface area contributed by atoms with E-state index in [-0.39, 0.29) is 18.1 Å². The van der Waals surface area contributed by atoms with Gasteiger partial charge in [0.25, 0.3) is 16.0 Å². The maximum Gasteiger partial charge on any atom is 0.270 e. The lowest BCUT2D eigenvalue weighted by Crippen LogP contribution is -2.44. The lowest BCUT2D eigenvalue weighted by molar-refractivity contribution is 0.0808. The first-order valence-electron chi connectivity index (χ1n) is 6.84. The summed E-state index contributed by atoms with van der Waals surface area (Å²) in [6, 6.07) is 5.42. The number of aromatic nitrogens is 1. The van der Waals surface area contributed by atoms with E-state index in [0.717, 1.165) is 16.5 Å². The fourth-order valence-corrected chi connectivity index (χ4v) is 3.12. The summed E-state index contributed by atoms with van der Waals surface area (Å²) >= 11 is 0. The van der Waals surface area contributed by atoms with Crippen molar-refractivity contribution in [2.45, 2.75) is 19.6 Å². The number of ether oxygens (including phenoxy) is 1. The van der Waals surface area contributed by atoms with Gasteiger partial charge in [-0.3, -0.25) is 4.79 Å². The third kappa shape index (κ3) is 2.55. The molecule has 1 aromatic heterocycles. The van der Waals surface area contributed by atoms with Crippen LogP contribution in [0.4, 0.5) is 0 Å². The highest BCUT2D eigenvalue weighted by molar-refractivity contribution is 7.86. The number of carbonyl (C=O) groups excluding carboxylic acids is 1. The Labute approximate surface area is 127 Å². The molecule has 0 aliphatic carbocycles. The number of carbonyl (C=O) groups is 1. The summed E-state index contributed by atoms with van der Waals surface area (Å²) in [5.41, 5.74) is 1.95. The number of fused-ring (bicyclic) bond motifs is 3. The SMILES string of the molecule is CCS(=O)(=O)OC1Cc2c([nH]c3ccc(OC)cc23)C(=O)N1. The largest absolute Gasteiger partial charge is 0.497 e. The zero-order valence-corrected chi connectivity index (χ0v) is 13.0. The third-order valence-electron chi connectivity index (χ3n) is 3.64. The van der Waals surface area contributed by atoms with Crippen LogP contribution in [-0.2, 0) is 20.7 Å². The Morgan fingerprint density at radius 2 is 2.14 bits per heavy atom. The molecule has 2 N–H and O–H groups in total. The van der Waals surface area contributed by atoms with Crippen molar-refractivity contribution in [3.05, 3.63) is 29.5 Å². The highest BCUT2D eigenvalue weighted by atomic mass is 32.2. The van der Waals surface area contributed by atoms with Crippen LogP contribution in [0.25, 0.3) is 10.9 Å². The van der Waals surface area contributed by atoms with Crippen LogP contribution in [0, 0.1) is 0 Å². The molecule has 1 aliphatic heterocycles. The number of methoxy groups -OCH3 is 1. The molecular weight excluding hydrogens is 308 g/mol.